The van der Waals surface area contributed by atoms with Gasteiger partial charge in [0.2, 0.25) is 0 Å². The number of hydrogen-bond donors (Lipinski definition) is 2. The molecule has 12 heavy (non-hydrogen) atoms. The van der Waals surface area contributed by atoms with Crippen LogP contribution in [0.1, 0.15) is 17.3 Å². The van der Waals surface area contributed by atoms with E-state index in [9.17, 15) is 4.79 Å². The van der Waals surface area contributed by atoms with E-state index in [-0.39, 0.29) is 11.9 Å². The van der Waals surface area contributed by atoms with Gasteiger partial charge in [0, 0.05) is 12.4 Å². The van der Waals surface area contributed by atoms with Gasteiger partial charge in [0.25, 0.3) is 5.91 Å². The molecule has 1 atom stereocenters. The van der Waals surface area contributed by atoms with Gasteiger partial charge in [-0.3, -0.25) is 4.79 Å². The Balaban J connectivity index is 2.57. The number of aromatic amines is 1. The quantitative estimate of drug-likeness (QED) is 0.620. The summed E-state index contributed by atoms with van der Waals surface area (Å²) >= 11 is 0. The van der Waals surface area contributed by atoms with E-state index in [1.807, 2.05) is 0 Å². The van der Waals surface area contributed by atoms with Gasteiger partial charge < -0.3 is 10.3 Å². The summed E-state index contributed by atoms with van der Waals surface area (Å²) in [7, 11) is 0. The van der Waals surface area contributed by atoms with Crippen molar-refractivity contribution >= 4 is 5.91 Å². The van der Waals surface area contributed by atoms with Crippen LogP contribution in [0.4, 0.5) is 0 Å². The molecule has 0 aliphatic heterocycles. The van der Waals surface area contributed by atoms with Crippen LogP contribution in [0.2, 0.25) is 0 Å². The topological polar surface area (TPSA) is 44.9 Å². The van der Waals surface area contributed by atoms with Crippen LogP contribution >= 0.6 is 0 Å². The van der Waals surface area contributed by atoms with Gasteiger partial charge in [-0.15, -0.1) is 6.42 Å². The van der Waals surface area contributed by atoms with Crippen molar-refractivity contribution in [1.29, 1.82) is 0 Å². The van der Waals surface area contributed by atoms with Crippen molar-refractivity contribution < 1.29 is 4.79 Å². The van der Waals surface area contributed by atoms with Gasteiger partial charge in [0.1, 0.15) is 0 Å². The second-order valence-electron chi connectivity index (χ2n) is 2.46. The summed E-state index contributed by atoms with van der Waals surface area (Å²) in [4.78, 5) is 14.0. The largest absolute Gasteiger partial charge is 0.367 e. The molecule has 0 saturated carbocycles. The highest BCUT2D eigenvalue weighted by atomic mass is 16.1. The molecule has 1 aromatic heterocycles. The van der Waals surface area contributed by atoms with Crippen molar-refractivity contribution in [1.82, 2.24) is 10.3 Å². The Morgan fingerprint density at radius 2 is 2.58 bits per heavy atom. The normalized spacial score (nSPS) is 11.7. The highest BCUT2D eigenvalue weighted by Crippen LogP contribution is 1.96. The molecule has 62 valence electrons. The molecule has 0 spiro atoms. The molecule has 1 aromatic rings. The van der Waals surface area contributed by atoms with Crippen LogP contribution in [0.3, 0.4) is 0 Å². The zero-order chi connectivity index (χ0) is 8.97. The minimum absolute atomic E-state index is 0.151. The zero-order valence-corrected chi connectivity index (χ0v) is 6.79. The third-order valence-electron chi connectivity index (χ3n) is 1.46. The molecule has 1 heterocycles. The first kappa shape index (κ1) is 8.41. The molecule has 3 nitrogen and oxygen atoms in total. The van der Waals surface area contributed by atoms with Crippen LogP contribution in [-0.4, -0.2) is 16.9 Å². The average Bonchev–Trinajstić information content (AvgIpc) is 2.56. The molecule has 0 saturated heterocycles. The van der Waals surface area contributed by atoms with Crippen molar-refractivity contribution in [2.75, 3.05) is 0 Å². The second kappa shape index (κ2) is 3.63. The molecular weight excluding hydrogens is 152 g/mol. The maximum atomic E-state index is 11.2. The molecule has 2 N–H and O–H groups in total. The Hall–Kier alpha value is -1.69. The van der Waals surface area contributed by atoms with Gasteiger partial charge in [-0.1, -0.05) is 5.92 Å². The lowest BCUT2D eigenvalue weighted by Gasteiger charge is -2.05. The van der Waals surface area contributed by atoms with Crippen LogP contribution in [0, 0.1) is 12.3 Å². The molecular formula is C9H10N2O. The summed E-state index contributed by atoms with van der Waals surface area (Å²) < 4.78 is 0. The number of hydrogen-bond acceptors (Lipinski definition) is 1. The zero-order valence-electron chi connectivity index (χ0n) is 6.79. The molecule has 3 heteroatoms. The number of H-pyrrole nitrogens is 1. The van der Waals surface area contributed by atoms with Crippen molar-refractivity contribution in [2.24, 2.45) is 0 Å². The van der Waals surface area contributed by atoms with Gasteiger partial charge in [-0.2, -0.15) is 0 Å². The predicted molar refractivity (Wildman–Crippen MR) is 46.6 cm³/mol. The molecule has 0 radical (unpaired) electrons. The number of carbonyl (C=O) groups excluding carboxylic acids is 1. The van der Waals surface area contributed by atoms with Crippen molar-refractivity contribution in [3.05, 3.63) is 24.0 Å². The molecule has 0 aromatic carbocycles. The van der Waals surface area contributed by atoms with E-state index in [0.717, 1.165) is 0 Å². The average molecular weight is 162 g/mol. The number of terminal acetylenes is 1. The number of amides is 1. The number of aromatic nitrogens is 1. The second-order valence-corrected chi connectivity index (χ2v) is 2.46. The fourth-order valence-electron chi connectivity index (χ4n) is 0.787. The Morgan fingerprint density at radius 3 is 3.08 bits per heavy atom. The fraction of sp³-hybridized carbons (Fsp3) is 0.222. The van der Waals surface area contributed by atoms with Crippen LogP contribution in [-0.2, 0) is 0 Å². The van der Waals surface area contributed by atoms with E-state index in [4.69, 9.17) is 6.42 Å². The molecule has 1 amide bonds. The number of carbonyl (C=O) groups is 1. The van der Waals surface area contributed by atoms with Gasteiger partial charge in [0.15, 0.2) is 0 Å². The first-order valence-electron chi connectivity index (χ1n) is 3.64. The van der Waals surface area contributed by atoms with Gasteiger partial charge in [-0.25, -0.2) is 0 Å². The van der Waals surface area contributed by atoms with E-state index < -0.39 is 0 Å². The monoisotopic (exact) mass is 162 g/mol. The lowest BCUT2D eigenvalue weighted by molar-refractivity contribution is 0.0948. The summed E-state index contributed by atoms with van der Waals surface area (Å²) in [5.74, 6) is 2.26. The standard InChI is InChI=1S/C9H10N2O/c1-3-7(2)11-9(12)8-4-5-10-6-8/h1,4-7,10H,2H3,(H,11,12). The lowest BCUT2D eigenvalue weighted by Crippen LogP contribution is -2.30. The Labute approximate surface area is 71.2 Å². The highest BCUT2D eigenvalue weighted by molar-refractivity contribution is 5.94. The van der Waals surface area contributed by atoms with E-state index in [1.165, 1.54) is 0 Å². The molecule has 0 aliphatic carbocycles. The maximum absolute atomic E-state index is 11.2. The minimum atomic E-state index is -0.229. The van der Waals surface area contributed by atoms with E-state index in [1.54, 1.807) is 25.4 Å². The molecule has 0 bridgehead atoms. The van der Waals surface area contributed by atoms with Crippen LogP contribution in [0.15, 0.2) is 18.5 Å². The number of nitrogens with one attached hydrogen (secondary N) is 2. The number of rotatable bonds is 2. The third-order valence-corrected chi connectivity index (χ3v) is 1.46. The van der Waals surface area contributed by atoms with Crippen molar-refractivity contribution in [2.45, 2.75) is 13.0 Å². The van der Waals surface area contributed by atoms with Crippen molar-refractivity contribution in [3.8, 4) is 12.3 Å². The Bertz CT molecular complexity index is 295. The van der Waals surface area contributed by atoms with Crippen molar-refractivity contribution in [3.63, 3.8) is 0 Å². The summed E-state index contributed by atoms with van der Waals surface area (Å²) in [5, 5.41) is 2.64. The fourth-order valence-corrected chi connectivity index (χ4v) is 0.787. The predicted octanol–water partition coefficient (Wildman–Crippen LogP) is 0.766. The maximum Gasteiger partial charge on any atom is 0.253 e. The minimum Gasteiger partial charge on any atom is -0.367 e. The summed E-state index contributed by atoms with van der Waals surface area (Å²) in [5.41, 5.74) is 0.595. The van der Waals surface area contributed by atoms with Crippen LogP contribution < -0.4 is 5.32 Å². The third kappa shape index (κ3) is 1.89. The Morgan fingerprint density at radius 1 is 1.83 bits per heavy atom. The van der Waals surface area contributed by atoms with E-state index >= 15 is 0 Å². The first-order valence-corrected chi connectivity index (χ1v) is 3.64. The molecule has 1 rings (SSSR count). The van der Waals surface area contributed by atoms with Gasteiger partial charge in [-0.05, 0) is 13.0 Å². The lowest BCUT2D eigenvalue weighted by atomic mass is 10.3. The summed E-state index contributed by atoms with van der Waals surface area (Å²) in [6.45, 7) is 1.75. The summed E-state index contributed by atoms with van der Waals surface area (Å²) in [6, 6.07) is 1.46. The van der Waals surface area contributed by atoms with Crippen LogP contribution in [0.25, 0.3) is 0 Å². The van der Waals surface area contributed by atoms with Gasteiger partial charge >= 0.3 is 0 Å². The summed E-state index contributed by atoms with van der Waals surface area (Å²) in [6.07, 6.45) is 8.41. The van der Waals surface area contributed by atoms with E-state index in [2.05, 4.69) is 16.2 Å². The first-order chi connectivity index (χ1) is 5.74. The Kier molecular flexibility index (Phi) is 2.54. The highest BCUT2D eigenvalue weighted by Gasteiger charge is 2.06. The van der Waals surface area contributed by atoms with E-state index in [0.29, 0.717) is 5.56 Å². The molecule has 1 unspecified atom stereocenters. The van der Waals surface area contributed by atoms with Crippen LogP contribution in [0.5, 0.6) is 0 Å². The SMILES string of the molecule is C#CC(C)NC(=O)c1cc[nH]c1. The van der Waals surface area contributed by atoms with Gasteiger partial charge in [0.05, 0.1) is 11.6 Å². The smallest absolute Gasteiger partial charge is 0.253 e. The molecule has 0 fully saturated rings. The molecule has 0 aliphatic rings.